The van der Waals surface area contributed by atoms with Crippen molar-refractivity contribution in [3.63, 3.8) is 0 Å². The van der Waals surface area contributed by atoms with Gasteiger partial charge in [-0.3, -0.25) is 4.90 Å². The Morgan fingerprint density at radius 2 is 1.76 bits per heavy atom. The number of hydrogen-bond acceptors (Lipinski definition) is 9. The van der Waals surface area contributed by atoms with Crippen molar-refractivity contribution in [1.82, 2.24) is 14.3 Å². The van der Waals surface area contributed by atoms with Crippen LogP contribution in [-0.2, 0) is 16.6 Å². The van der Waals surface area contributed by atoms with E-state index in [-0.39, 0.29) is 28.4 Å². The molecule has 0 bridgehead atoms. The Hall–Kier alpha value is -3.74. The van der Waals surface area contributed by atoms with Gasteiger partial charge in [0, 0.05) is 47.3 Å². The summed E-state index contributed by atoms with van der Waals surface area (Å²) in [6.07, 6.45) is 5.93. The van der Waals surface area contributed by atoms with Crippen LogP contribution in [0.3, 0.4) is 0 Å². The van der Waals surface area contributed by atoms with Crippen molar-refractivity contribution in [2.75, 3.05) is 38.2 Å². The number of methoxy groups -OCH3 is 2. The highest BCUT2D eigenvalue weighted by Crippen LogP contribution is 2.40. The molecule has 3 aromatic carbocycles. The molecule has 4 aromatic rings. The summed E-state index contributed by atoms with van der Waals surface area (Å²) in [7, 11) is -0.865. The van der Waals surface area contributed by atoms with E-state index in [0.29, 0.717) is 29.4 Å². The van der Waals surface area contributed by atoms with Crippen LogP contribution >= 0.6 is 11.5 Å². The quantitative estimate of drug-likeness (QED) is 0.198. The zero-order chi connectivity index (χ0) is 32.2. The number of rotatable bonds is 8. The van der Waals surface area contributed by atoms with Gasteiger partial charge >= 0.3 is 0 Å². The lowest BCUT2D eigenvalue weighted by Crippen LogP contribution is -2.36. The van der Waals surface area contributed by atoms with Crippen molar-refractivity contribution < 1.29 is 27.0 Å². The Balaban J connectivity index is 0.000000447. The number of likely N-dealkylation sites (tertiary alicyclic amines) is 1. The van der Waals surface area contributed by atoms with Crippen LogP contribution in [0.15, 0.2) is 78.0 Å². The van der Waals surface area contributed by atoms with Gasteiger partial charge in [0.05, 0.1) is 32.3 Å². The number of fused-ring (bicyclic) bond motifs is 1. The minimum absolute atomic E-state index is 0.0268. The number of aromatic nitrogens is 2. The van der Waals surface area contributed by atoms with Gasteiger partial charge in [-0.15, -0.1) is 0 Å². The topological polar surface area (TPSA) is 94.1 Å². The van der Waals surface area contributed by atoms with Gasteiger partial charge in [0.2, 0.25) is 5.13 Å². The van der Waals surface area contributed by atoms with Crippen LogP contribution in [-0.4, -0.2) is 56.6 Å². The Kier molecular flexibility index (Phi) is 12.5. The average Bonchev–Trinajstić information content (AvgIpc) is 3.63. The fraction of sp³-hybridized carbons (Fsp3) is 0.394. The van der Waals surface area contributed by atoms with Gasteiger partial charge in [0.25, 0.3) is 10.0 Å². The molecule has 12 heteroatoms. The molecule has 9 nitrogen and oxygen atoms in total. The molecule has 1 fully saturated rings. The van der Waals surface area contributed by atoms with Crippen molar-refractivity contribution in [2.45, 2.75) is 57.0 Å². The van der Waals surface area contributed by atoms with Crippen LogP contribution in [0.25, 0.3) is 0 Å². The molecule has 2 aliphatic rings. The van der Waals surface area contributed by atoms with Gasteiger partial charge in [-0.25, -0.2) is 22.1 Å². The predicted octanol–water partition coefficient (Wildman–Crippen LogP) is 7.11. The molecular formula is C33H41FN4O5S2. The minimum atomic E-state index is -3.98. The van der Waals surface area contributed by atoms with Crippen LogP contribution in [0.4, 0.5) is 9.52 Å². The lowest BCUT2D eigenvalue weighted by atomic mass is 9.97. The maximum Gasteiger partial charge on any atom is 0.266 e. The van der Waals surface area contributed by atoms with Gasteiger partial charge in [0.15, 0.2) is 0 Å². The summed E-state index contributed by atoms with van der Waals surface area (Å²) < 4.78 is 61.9. The van der Waals surface area contributed by atoms with Gasteiger partial charge < -0.3 is 14.2 Å². The predicted molar refractivity (Wildman–Crippen MR) is 175 cm³/mol. The maximum absolute atomic E-state index is 14.0. The van der Waals surface area contributed by atoms with Gasteiger partial charge in [-0.05, 0) is 56.3 Å². The number of anilines is 1. The highest BCUT2D eigenvalue weighted by molar-refractivity contribution is 7.93. The number of sulfonamides is 1. The molecule has 2 aliphatic heterocycles. The van der Waals surface area contributed by atoms with Crippen molar-refractivity contribution in [1.29, 1.82) is 0 Å². The SMILES string of the molecule is CC.COc1ccc(CN(c2ncns2)S(=O)(=O)c2ccc3c(c2)OCC[C@H]3N2CCCCC2)c(OC)c1.Fc1ccccc1. The van der Waals surface area contributed by atoms with E-state index in [2.05, 4.69) is 14.3 Å². The zero-order valence-electron chi connectivity index (χ0n) is 26.2. The first-order valence-corrected chi connectivity index (χ1v) is 17.3. The smallest absolute Gasteiger partial charge is 0.266 e. The largest absolute Gasteiger partial charge is 0.497 e. The second kappa shape index (κ2) is 16.5. The second-order valence-corrected chi connectivity index (χ2v) is 12.8. The average molecular weight is 657 g/mol. The summed E-state index contributed by atoms with van der Waals surface area (Å²) in [4.78, 5) is 6.86. The molecule has 0 N–H and O–H groups in total. The van der Waals surface area contributed by atoms with E-state index in [9.17, 15) is 12.8 Å². The summed E-state index contributed by atoms with van der Waals surface area (Å²) in [5, 5.41) is 0.276. The number of nitrogens with zero attached hydrogens (tertiary/aromatic N) is 4. The number of ether oxygens (including phenoxy) is 3. The second-order valence-electron chi connectivity index (χ2n) is 10.2. The molecule has 0 spiro atoms. The molecule has 0 amide bonds. The highest BCUT2D eigenvalue weighted by atomic mass is 32.2. The van der Waals surface area contributed by atoms with Crippen LogP contribution in [0.2, 0.25) is 0 Å². The number of piperidine rings is 1. The third-order valence-electron chi connectivity index (χ3n) is 7.52. The van der Waals surface area contributed by atoms with E-state index >= 15 is 0 Å². The van der Waals surface area contributed by atoms with E-state index < -0.39 is 10.0 Å². The molecule has 0 aliphatic carbocycles. The Morgan fingerprint density at radius 3 is 2.38 bits per heavy atom. The fourth-order valence-electron chi connectivity index (χ4n) is 5.33. The van der Waals surface area contributed by atoms with Gasteiger partial charge in [-0.1, -0.05) is 44.5 Å². The monoisotopic (exact) mass is 656 g/mol. The molecule has 1 saturated heterocycles. The zero-order valence-corrected chi connectivity index (χ0v) is 27.8. The van der Waals surface area contributed by atoms with Crippen LogP contribution in [0.5, 0.6) is 17.2 Å². The summed E-state index contributed by atoms with van der Waals surface area (Å²) in [5.41, 5.74) is 1.73. The van der Waals surface area contributed by atoms with Gasteiger partial charge in [-0.2, -0.15) is 4.37 Å². The first-order chi connectivity index (χ1) is 21.9. The Bertz CT molecular complexity index is 1580. The first-order valence-electron chi connectivity index (χ1n) is 15.1. The maximum atomic E-state index is 14.0. The molecule has 242 valence electrons. The van der Waals surface area contributed by atoms with Crippen molar-refractivity contribution >= 4 is 26.7 Å². The highest BCUT2D eigenvalue weighted by Gasteiger charge is 2.33. The van der Waals surface area contributed by atoms with Crippen molar-refractivity contribution in [3.05, 3.63) is 90.0 Å². The molecule has 0 saturated carbocycles. The van der Waals surface area contributed by atoms with Crippen LogP contribution < -0.4 is 18.5 Å². The fourth-order valence-corrected chi connectivity index (χ4v) is 7.48. The molecule has 6 rings (SSSR count). The van der Waals surface area contributed by atoms with Crippen LogP contribution in [0.1, 0.15) is 56.7 Å². The molecule has 3 heterocycles. The Morgan fingerprint density at radius 1 is 1.00 bits per heavy atom. The molecule has 45 heavy (non-hydrogen) atoms. The van der Waals surface area contributed by atoms with Gasteiger partial charge in [0.1, 0.15) is 29.4 Å². The number of benzene rings is 3. The summed E-state index contributed by atoms with van der Waals surface area (Å²) in [6.45, 7) is 6.73. The van der Waals surface area contributed by atoms with E-state index in [0.717, 1.165) is 36.6 Å². The van der Waals surface area contributed by atoms with Crippen molar-refractivity contribution in [3.8, 4) is 17.2 Å². The molecule has 1 atom stereocenters. The lowest BCUT2D eigenvalue weighted by Gasteiger charge is -2.38. The lowest BCUT2D eigenvalue weighted by molar-refractivity contribution is 0.119. The summed E-state index contributed by atoms with van der Waals surface area (Å²) in [5.74, 6) is 1.60. The normalized spacial score (nSPS) is 16.1. The van der Waals surface area contributed by atoms with E-state index in [4.69, 9.17) is 14.2 Å². The van der Waals surface area contributed by atoms with Crippen molar-refractivity contribution in [2.24, 2.45) is 0 Å². The molecule has 0 radical (unpaired) electrons. The summed E-state index contributed by atoms with van der Waals surface area (Å²) in [6, 6.07) is 18.7. The first kappa shape index (κ1) is 34.1. The molecular weight excluding hydrogens is 616 g/mol. The third kappa shape index (κ3) is 8.50. The van der Waals surface area contributed by atoms with E-state index in [1.165, 1.54) is 42.0 Å². The van der Waals surface area contributed by atoms with Crippen LogP contribution in [0, 0.1) is 5.82 Å². The van der Waals surface area contributed by atoms with E-state index in [1.807, 2.05) is 19.9 Å². The summed E-state index contributed by atoms with van der Waals surface area (Å²) >= 11 is 1.02. The Labute approximate surface area is 269 Å². The van der Waals surface area contributed by atoms with E-state index in [1.54, 1.807) is 62.8 Å². The molecule has 0 unspecified atom stereocenters. The number of hydrogen-bond donors (Lipinski definition) is 0. The standard InChI is InChI=1S/C25H30N4O5S2.C6H5F.C2H6/c1-32-19-7-6-18(23(14-19)33-2)16-29(25-26-17-27-35-25)36(30,31)20-8-9-21-22(10-13-34-24(21)15-20)28-11-4-3-5-12-28;7-6-4-2-1-3-5-6;1-2/h6-9,14-15,17,22H,3-5,10-13,16H2,1-2H3;1-5H;1-2H3/t22-;;/m1../s1. The molecule has 1 aromatic heterocycles. The number of halogens is 1. The third-order valence-corrected chi connectivity index (χ3v) is 10.1. The minimum Gasteiger partial charge on any atom is -0.497 e.